The van der Waals surface area contributed by atoms with E-state index < -0.39 is 0 Å². The molecule has 0 aromatic heterocycles. The zero-order valence-corrected chi connectivity index (χ0v) is 11.2. The Bertz CT molecular complexity index is 332. The zero-order valence-electron chi connectivity index (χ0n) is 11.2. The Labute approximate surface area is 99.7 Å². The number of nitrogens with zero attached hydrogens (tertiary/aromatic N) is 1. The van der Waals surface area contributed by atoms with Crippen LogP contribution in [0.25, 0.3) is 0 Å². The molecule has 0 aliphatic rings. The van der Waals surface area contributed by atoms with Gasteiger partial charge in [-0.15, -0.1) is 0 Å². The average Bonchev–Trinajstić information content (AvgIpc) is 2.17. The molecule has 0 saturated carbocycles. The number of nitrogens with one attached hydrogen (secondary N) is 1. The van der Waals surface area contributed by atoms with E-state index in [0.29, 0.717) is 5.92 Å². The maximum atomic E-state index is 3.23. The van der Waals surface area contributed by atoms with E-state index in [2.05, 4.69) is 56.2 Å². The molecule has 0 unspecified atom stereocenters. The van der Waals surface area contributed by atoms with Crippen LogP contribution in [-0.2, 0) is 6.54 Å². The highest BCUT2D eigenvalue weighted by Gasteiger charge is 2.08. The Kier molecular flexibility index (Phi) is 4.81. The fourth-order valence-corrected chi connectivity index (χ4v) is 2.06. The van der Waals surface area contributed by atoms with Gasteiger partial charge in [0.05, 0.1) is 0 Å². The number of rotatable bonds is 5. The summed E-state index contributed by atoms with van der Waals surface area (Å²) in [6.07, 6.45) is 0. The lowest BCUT2D eigenvalue weighted by atomic mass is 10.1. The van der Waals surface area contributed by atoms with Gasteiger partial charge in [0.25, 0.3) is 0 Å². The van der Waals surface area contributed by atoms with Gasteiger partial charge in [0.2, 0.25) is 0 Å². The second kappa shape index (κ2) is 5.90. The third-order valence-corrected chi connectivity index (χ3v) is 2.65. The van der Waals surface area contributed by atoms with Crippen molar-refractivity contribution in [3.05, 3.63) is 29.3 Å². The fraction of sp³-hybridized carbons (Fsp3) is 0.571. The minimum atomic E-state index is 0.689. The Balaban J connectivity index is 2.92. The Morgan fingerprint density at radius 1 is 1.31 bits per heavy atom. The quantitative estimate of drug-likeness (QED) is 0.821. The molecule has 0 aliphatic carbocycles. The standard InChI is InChI=1S/C14H24N2/c1-11(2)10-16(5)14-7-6-12(3)8-13(14)9-15-4/h6-8,11,15H,9-10H2,1-5H3. The Hall–Kier alpha value is -1.02. The molecule has 1 aromatic rings. The average molecular weight is 220 g/mol. The van der Waals surface area contributed by atoms with Gasteiger partial charge in [-0.1, -0.05) is 31.5 Å². The van der Waals surface area contributed by atoms with E-state index in [9.17, 15) is 0 Å². The number of anilines is 1. The molecule has 90 valence electrons. The summed E-state index contributed by atoms with van der Waals surface area (Å²) in [7, 11) is 4.17. The van der Waals surface area contributed by atoms with Crippen molar-refractivity contribution in [2.75, 3.05) is 25.5 Å². The molecule has 0 fully saturated rings. The first-order valence-electron chi connectivity index (χ1n) is 6.00. The van der Waals surface area contributed by atoms with Crippen molar-refractivity contribution >= 4 is 5.69 Å². The minimum absolute atomic E-state index is 0.689. The van der Waals surface area contributed by atoms with Gasteiger partial charge >= 0.3 is 0 Å². The zero-order chi connectivity index (χ0) is 12.1. The van der Waals surface area contributed by atoms with Gasteiger partial charge in [-0.3, -0.25) is 0 Å². The molecule has 0 amide bonds. The molecule has 0 saturated heterocycles. The lowest BCUT2D eigenvalue weighted by molar-refractivity contribution is 0.636. The van der Waals surface area contributed by atoms with Gasteiger partial charge in [-0.25, -0.2) is 0 Å². The molecule has 0 bridgehead atoms. The van der Waals surface area contributed by atoms with Crippen LogP contribution in [0, 0.1) is 12.8 Å². The van der Waals surface area contributed by atoms with Crippen molar-refractivity contribution in [2.45, 2.75) is 27.3 Å². The monoisotopic (exact) mass is 220 g/mol. The van der Waals surface area contributed by atoms with Crippen LogP contribution < -0.4 is 10.2 Å². The minimum Gasteiger partial charge on any atom is -0.374 e. The molecular formula is C14H24N2. The predicted octanol–water partition coefficient (Wildman–Crippen LogP) is 2.81. The summed E-state index contributed by atoms with van der Waals surface area (Å²) >= 11 is 0. The van der Waals surface area contributed by atoms with Gasteiger partial charge in [0.1, 0.15) is 0 Å². The van der Waals surface area contributed by atoms with E-state index >= 15 is 0 Å². The smallest absolute Gasteiger partial charge is 0.0409 e. The van der Waals surface area contributed by atoms with Gasteiger partial charge in [0.15, 0.2) is 0 Å². The molecule has 0 atom stereocenters. The highest BCUT2D eigenvalue weighted by molar-refractivity contribution is 5.54. The predicted molar refractivity (Wildman–Crippen MR) is 72.1 cm³/mol. The molecule has 1 N–H and O–H groups in total. The van der Waals surface area contributed by atoms with Crippen LogP contribution in [0.1, 0.15) is 25.0 Å². The number of benzene rings is 1. The van der Waals surface area contributed by atoms with E-state index in [1.807, 2.05) is 7.05 Å². The van der Waals surface area contributed by atoms with Crippen molar-refractivity contribution in [2.24, 2.45) is 5.92 Å². The highest BCUT2D eigenvalue weighted by atomic mass is 15.1. The normalized spacial score (nSPS) is 10.9. The maximum absolute atomic E-state index is 3.23. The second-order valence-corrected chi connectivity index (χ2v) is 4.94. The lowest BCUT2D eigenvalue weighted by Gasteiger charge is -2.24. The number of aryl methyl sites for hydroxylation is 1. The first kappa shape index (κ1) is 13.0. The van der Waals surface area contributed by atoms with Crippen LogP contribution in [0.2, 0.25) is 0 Å². The summed E-state index contributed by atoms with van der Waals surface area (Å²) < 4.78 is 0. The summed E-state index contributed by atoms with van der Waals surface area (Å²) in [6, 6.07) is 6.68. The Morgan fingerprint density at radius 3 is 2.56 bits per heavy atom. The summed E-state index contributed by atoms with van der Waals surface area (Å²) in [5.74, 6) is 0.689. The third-order valence-electron chi connectivity index (χ3n) is 2.65. The fourth-order valence-electron chi connectivity index (χ4n) is 2.06. The molecule has 0 spiro atoms. The van der Waals surface area contributed by atoms with Crippen molar-refractivity contribution < 1.29 is 0 Å². The molecule has 1 rings (SSSR count). The maximum Gasteiger partial charge on any atom is 0.0409 e. The molecule has 2 nitrogen and oxygen atoms in total. The summed E-state index contributed by atoms with van der Waals surface area (Å²) in [5.41, 5.74) is 4.05. The van der Waals surface area contributed by atoms with E-state index in [-0.39, 0.29) is 0 Å². The first-order chi connectivity index (χ1) is 7.54. The highest BCUT2D eigenvalue weighted by Crippen LogP contribution is 2.21. The van der Waals surface area contributed by atoms with Gasteiger partial charge in [-0.05, 0) is 31.5 Å². The van der Waals surface area contributed by atoms with Gasteiger partial charge in [0, 0.05) is 25.8 Å². The van der Waals surface area contributed by atoms with Crippen molar-refractivity contribution in [1.29, 1.82) is 0 Å². The van der Waals surface area contributed by atoms with Crippen LogP contribution in [0.5, 0.6) is 0 Å². The molecule has 1 aromatic carbocycles. The van der Waals surface area contributed by atoms with Crippen LogP contribution in [0.4, 0.5) is 5.69 Å². The summed E-state index contributed by atoms with van der Waals surface area (Å²) in [5, 5.41) is 3.23. The molecular weight excluding hydrogens is 196 g/mol. The number of hydrogen-bond acceptors (Lipinski definition) is 2. The van der Waals surface area contributed by atoms with E-state index in [4.69, 9.17) is 0 Å². The lowest BCUT2D eigenvalue weighted by Crippen LogP contribution is -2.24. The Morgan fingerprint density at radius 2 is 2.00 bits per heavy atom. The van der Waals surface area contributed by atoms with Crippen LogP contribution in [0.3, 0.4) is 0 Å². The van der Waals surface area contributed by atoms with Crippen molar-refractivity contribution in [1.82, 2.24) is 5.32 Å². The van der Waals surface area contributed by atoms with E-state index in [1.54, 1.807) is 0 Å². The van der Waals surface area contributed by atoms with Crippen LogP contribution in [0.15, 0.2) is 18.2 Å². The van der Waals surface area contributed by atoms with Crippen LogP contribution >= 0.6 is 0 Å². The third kappa shape index (κ3) is 3.53. The molecule has 0 heterocycles. The SMILES string of the molecule is CNCc1cc(C)ccc1N(C)CC(C)C. The number of hydrogen-bond donors (Lipinski definition) is 1. The molecule has 0 aliphatic heterocycles. The van der Waals surface area contributed by atoms with Crippen molar-refractivity contribution in [3.8, 4) is 0 Å². The molecule has 2 heteroatoms. The first-order valence-corrected chi connectivity index (χ1v) is 6.00. The summed E-state index contributed by atoms with van der Waals surface area (Å²) in [4.78, 5) is 2.34. The molecule has 16 heavy (non-hydrogen) atoms. The van der Waals surface area contributed by atoms with Crippen LogP contribution in [-0.4, -0.2) is 20.6 Å². The topological polar surface area (TPSA) is 15.3 Å². The largest absolute Gasteiger partial charge is 0.374 e. The summed E-state index contributed by atoms with van der Waals surface area (Å²) in [6.45, 7) is 8.68. The van der Waals surface area contributed by atoms with Gasteiger partial charge < -0.3 is 10.2 Å². The second-order valence-electron chi connectivity index (χ2n) is 4.94. The van der Waals surface area contributed by atoms with E-state index in [0.717, 1.165) is 13.1 Å². The molecule has 0 radical (unpaired) electrons. The van der Waals surface area contributed by atoms with E-state index in [1.165, 1.54) is 16.8 Å². The van der Waals surface area contributed by atoms with Gasteiger partial charge in [-0.2, -0.15) is 0 Å². The van der Waals surface area contributed by atoms with Crippen molar-refractivity contribution in [3.63, 3.8) is 0 Å².